The van der Waals surface area contributed by atoms with Gasteiger partial charge < -0.3 is 18.4 Å². The van der Waals surface area contributed by atoms with Gasteiger partial charge in [0.15, 0.2) is 0 Å². The molecule has 0 saturated carbocycles. The van der Waals surface area contributed by atoms with E-state index in [1.54, 1.807) is 26.4 Å². The molecule has 1 atom stereocenters. The smallest absolute Gasteiger partial charge is 0.306 e. The molecule has 7 nitrogen and oxygen atoms in total. The van der Waals surface area contributed by atoms with Crippen LogP contribution in [0.25, 0.3) is 0 Å². The summed E-state index contributed by atoms with van der Waals surface area (Å²) in [5.41, 5.74) is 2.06. The second-order valence-corrected chi connectivity index (χ2v) is 8.20. The van der Waals surface area contributed by atoms with Gasteiger partial charge in [-0.15, -0.1) is 0 Å². The maximum Gasteiger partial charge on any atom is 0.306 e. The fraction of sp³-hybridized carbons (Fsp3) is 0.400. The van der Waals surface area contributed by atoms with Crippen molar-refractivity contribution in [2.45, 2.75) is 12.6 Å². The summed E-state index contributed by atoms with van der Waals surface area (Å²) in [7, 11) is -0.245. The molecule has 0 unspecified atom stereocenters. The Bertz CT molecular complexity index is 897. The van der Waals surface area contributed by atoms with Gasteiger partial charge in [0.05, 0.1) is 33.2 Å². The van der Waals surface area contributed by atoms with Crippen LogP contribution in [0.1, 0.15) is 17.2 Å². The Labute approximate surface area is 165 Å². The van der Waals surface area contributed by atoms with Gasteiger partial charge in [0, 0.05) is 31.3 Å². The third-order valence-electron chi connectivity index (χ3n) is 4.54. The Morgan fingerprint density at radius 3 is 2.43 bits per heavy atom. The molecular weight excluding hydrogens is 382 g/mol. The number of rotatable bonds is 7. The first kappa shape index (κ1) is 20.4. The Balaban J connectivity index is 1.67. The molecule has 8 heteroatoms. The minimum Gasteiger partial charge on any atom is -0.497 e. The second kappa shape index (κ2) is 8.81. The Kier molecular flexibility index (Phi) is 6.43. The van der Waals surface area contributed by atoms with Gasteiger partial charge in [0.1, 0.15) is 17.2 Å². The largest absolute Gasteiger partial charge is 0.497 e. The highest BCUT2D eigenvalue weighted by atomic mass is 32.2. The van der Waals surface area contributed by atoms with Crippen molar-refractivity contribution in [3.63, 3.8) is 0 Å². The van der Waals surface area contributed by atoms with Gasteiger partial charge in [-0.05, 0) is 23.8 Å². The molecule has 0 N–H and O–H groups in total. The van der Waals surface area contributed by atoms with Crippen molar-refractivity contribution in [2.75, 3.05) is 40.2 Å². The normalized spacial score (nSPS) is 17.9. The average molecular weight is 407 g/mol. The first-order valence-electron chi connectivity index (χ1n) is 8.92. The summed E-state index contributed by atoms with van der Waals surface area (Å²) in [5, 5.41) is 0. The molecule has 0 amide bonds. The molecule has 2 aromatic carbocycles. The van der Waals surface area contributed by atoms with Gasteiger partial charge in [0.25, 0.3) is 0 Å². The predicted octanol–water partition coefficient (Wildman–Crippen LogP) is 2.62. The van der Waals surface area contributed by atoms with Gasteiger partial charge >= 0.3 is 10.1 Å². The van der Waals surface area contributed by atoms with Gasteiger partial charge in [-0.25, -0.2) is 0 Å². The number of hydrogen-bond donors (Lipinski definition) is 0. The van der Waals surface area contributed by atoms with E-state index in [0.717, 1.165) is 48.5 Å². The predicted molar refractivity (Wildman–Crippen MR) is 105 cm³/mol. The SMILES string of the molecule is COc1ccc(CN2CCO[C@H](c3ccc(OS(C)(=O)=O)cc3)C2)c(OC)c1. The van der Waals surface area contributed by atoms with Crippen LogP contribution in [0.2, 0.25) is 0 Å². The minimum absolute atomic E-state index is 0.0923. The van der Waals surface area contributed by atoms with Gasteiger partial charge in [-0.2, -0.15) is 8.42 Å². The van der Waals surface area contributed by atoms with E-state index in [1.165, 1.54) is 0 Å². The first-order chi connectivity index (χ1) is 13.4. The molecule has 152 valence electrons. The lowest BCUT2D eigenvalue weighted by molar-refractivity contribution is -0.0331. The molecule has 0 spiro atoms. The number of nitrogens with zero attached hydrogens (tertiary/aromatic N) is 1. The van der Waals surface area contributed by atoms with Crippen molar-refractivity contribution in [1.82, 2.24) is 4.90 Å². The second-order valence-electron chi connectivity index (χ2n) is 6.63. The molecule has 1 heterocycles. The fourth-order valence-corrected chi connectivity index (χ4v) is 3.64. The van der Waals surface area contributed by atoms with E-state index < -0.39 is 10.1 Å². The molecule has 0 aromatic heterocycles. The molecule has 2 aromatic rings. The molecular formula is C20H25NO6S. The van der Waals surface area contributed by atoms with Crippen LogP contribution in [0.15, 0.2) is 42.5 Å². The number of ether oxygens (including phenoxy) is 3. The van der Waals surface area contributed by atoms with Crippen LogP contribution >= 0.6 is 0 Å². The summed E-state index contributed by atoms with van der Waals surface area (Å²) in [4.78, 5) is 2.30. The van der Waals surface area contributed by atoms with Crippen molar-refractivity contribution in [3.8, 4) is 17.2 Å². The first-order valence-corrected chi connectivity index (χ1v) is 10.7. The van der Waals surface area contributed by atoms with E-state index in [0.29, 0.717) is 12.4 Å². The van der Waals surface area contributed by atoms with Crippen molar-refractivity contribution >= 4 is 10.1 Å². The van der Waals surface area contributed by atoms with Crippen molar-refractivity contribution in [1.29, 1.82) is 0 Å². The van der Waals surface area contributed by atoms with E-state index in [4.69, 9.17) is 18.4 Å². The molecule has 3 rings (SSSR count). The van der Waals surface area contributed by atoms with Crippen LogP contribution in [0.5, 0.6) is 17.2 Å². The van der Waals surface area contributed by atoms with E-state index in [9.17, 15) is 8.42 Å². The molecule has 0 bridgehead atoms. The monoisotopic (exact) mass is 407 g/mol. The highest BCUT2D eigenvalue weighted by Crippen LogP contribution is 2.29. The Morgan fingerprint density at radius 1 is 1.07 bits per heavy atom. The van der Waals surface area contributed by atoms with Crippen LogP contribution in [0, 0.1) is 0 Å². The summed E-state index contributed by atoms with van der Waals surface area (Å²) in [6.07, 6.45) is 0.932. The van der Waals surface area contributed by atoms with Crippen molar-refractivity contribution in [3.05, 3.63) is 53.6 Å². The molecule has 1 aliphatic heterocycles. The third kappa shape index (κ3) is 5.37. The summed E-state index contributed by atoms with van der Waals surface area (Å²) in [6, 6.07) is 12.8. The van der Waals surface area contributed by atoms with E-state index in [-0.39, 0.29) is 6.10 Å². The van der Waals surface area contributed by atoms with Crippen LogP contribution in [0.3, 0.4) is 0 Å². The third-order valence-corrected chi connectivity index (χ3v) is 5.03. The van der Waals surface area contributed by atoms with Crippen LogP contribution in [-0.2, 0) is 21.4 Å². The Morgan fingerprint density at radius 2 is 1.79 bits per heavy atom. The molecule has 1 aliphatic rings. The zero-order valence-electron chi connectivity index (χ0n) is 16.3. The number of hydrogen-bond acceptors (Lipinski definition) is 7. The lowest BCUT2D eigenvalue weighted by Crippen LogP contribution is -2.37. The number of benzene rings is 2. The number of methoxy groups -OCH3 is 2. The maximum absolute atomic E-state index is 11.2. The van der Waals surface area contributed by atoms with Gasteiger partial charge in [-0.1, -0.05) is 18.2 Å². The van der Waals surface area contributed by atoms with E-state index in [1.807, 2.05) is 30.3 Å². The van der Waals surface area contributed by atoms with Gasteiger partial charge in [0.2, 0.25) is 0 Å². The quantitative estimate of drug-likeness (QED) is 0.653. The van der Waals surface area contributed by atoms with Crippen molar-refractivity contribution in [2.24, 2.45) is 0 Å². The lowest BCUT2D eigenvalue weighted by atomic mass is 10.1. The Hall–Kier alpha value is -2.29. The summed E-state index contributed by atoms with van der Waals surface area (Å²) in [5.74, 6) is 1.85. The topological polar surface area (TPSA) is 74.3 Å². The number of morpholine rings is 1. The van der Waals surface area contributed by atoms with Crippen LogP contribution in [-0.4, -0.2) is 53.5 Å². The highest BCUT2D eigenvalue weighted by Gasteiger charge is 2.23. The average Bonchev–Trinajstić information content (AvgIpc) is 2.68. The molecule has 1 fully saturated rings. The summed E-state index contributed by atoms with van der Waals surface area (Å²) in [6.45, 7) is 2.90. The molecule has 1 saturated heterocycles. The zero-order chi connectivity index (χ0) is 20.1. The summed E-state index contributed by atoms with van der Waals surface area (Å²) >= 11 is 0. The molecule has 0 aliphatic carbocycles. The van der Waals surface area contributed by atoms with Crippen LogP contribution < -0.4 is 13.7 Å². The maximum atomic E-state index is 11.2. The lowest BCUT2D eigenvalue weighted by Gasteiger charge is -2.33. The molecule has 28 heavy (non-hydrogen) atoms. The van der Waals surface area contributed by atoms with E-state index >= 15 is 0 Å². The standard InChI is InChI=1S/C20H25NO6S/c1-24-18-9-6-16(19(12-18)25-2)13-21-10-11-26-20(14-21)15-4-7-17(8-5-15)27-28(3,22)23/h4-9,12,20H,10-11,13-14H2,1-3H3/t20-/m0/s1. The fourth-order valence-electron chi connectivity index (χ4n) is 3.18. The minimum atomic E-state index is -3.53. The highest BCUT2D eigenvalue weighted by molar-refractivity contribution is 7.86. The van der Waals surface area contributed by atoms with E-state index in [2.05, 4.69) is 4.90 Å². The van der Waals surface area contributed by atoms with Crippen molar-refractivity contribution < 1.29 is 26.8 Å². The molecule has 0 radical (unpaired) electrons. The van der Waals surface area contributed by atoms with Crippen LogP contribution in [0.4, 0.5) is 0 Å². The summed E-state index contributed by atoms with van der Waals surface area (Å²) < 4.78 is 44.0. The zero-order valence-corrected chi connectivity index (χ0v) is 17.1. The van der Waals surface area contributed by atoms with Gasteiger partial charge in [-0.3, -0.25) is 4.90 Å².